The lowest BCUT2D eigenvalue weighted by atomic mass is 10.3. The van der Waals surface area contributed by atoms with E-state index in [2.05, 4.69) is 4.98 Å². The Morgan fingerprint density at radius 1 is 1.25 bits per heavy atom. The number of nitrogens with two attached hydrogens (primary N) is 1. The summed E-state index contributed by atoms with van der Waals surface area (Å²) in [6.45, 7) is 1.62. The van der Waals surface area contributed by atoms with E-state index < -0.39 is 0 Å². The molecule has 0 aliphatic rings. The van der Waals surface area contributed by atoms with Gasteiger partial charge < -0.3 is 15.0 Å². The Balaban J connectivity index is 1.70. The molecule has 84 valence electrons. The van der Waals surface area contributed by atoms with Gasteiger partial charge in [-0.2, -0.15) is 0 Å². The van der Waals surface area contributed by atoms with Gasteiger partial charge in [0, 0.05) is 24.6 Å². The Morgan fingerprint density at radius 3 is 2.75 bits per heavy atom. The fourth-order valence-electron chi connectivity index (χ4n) is 1.42. The molecule has 2 N–H and O–H groups in total. The molecule has 0 unspecified atom stereocenters. The molecule has 4 heteroatoms. The van der Waals surface area contributed by atoms with Crippen LogP contribution in [0.15, 0.2) is 43.0 Å². The van der Waals surface area contributed by atoms with Gasteiger partial charge in [-0.3, -0.25) is 0 Å². The summed E-state index contributed by atoms with van der Waals surface area (Å²) >= 11 is 0. The first-order chi connectivity index (χ1) is 7.84. The highest BCUT2D eigenvalue weighted by Gasteiger charge is 1.94. The summed E-state index contributed by atoms with van der Waals surface area (Å²) in [4.78, 5) is 3.98. The zero-order chi connectivity index (χ0) is 11.2. The van der Waals surface area contributed by atoms with E-state index in [0.29, 0.717) is 6.61 Å². The number of aromatic nitrogens is 2. The third-order valence-electron chi connectivity index (χ3n) is 2.27. The minimum Gasteiger partial charge on any atom is -0.494 e. The van der Waals surface area contributed by atoms with E-state index in [-0.39, 0.29) is 0 Å². The van der Waals surface area contributed by atoms with Crippen LogP contribution >= 0.6 is 0 Å². The minimum absolute atomic E-state index is 0.697. The fourth-order valence-corrected chi connectivity index (χ4v) is 1.42. The van der Waals surface area contributed by atoms with Crippen LogP contribution in [-0.2, 0) is 6.54 Å². The standard InChI is InChI=1S/C12H15N3O/c13-11-2-4-12(5-3-11)16-9-1-7-15-8-6-14-10-15/h2-6,8,10H,1,7,9,13H2. The molecule has 0 aliphatic heterocycles. The van der Waals surface area contributed by atoms with E-state index in [9.17, 15) is 0 Å². The van der Waals surface area contributed by atoms with Crippen molar-refractivity contribution in [3.63, 3.8) is 0 Å². The van der Waals surface area contributed by atoms with Crippen molar-refractivity contribution in [2.45, 2.75) is 13.0 Å². The molecule has 0 amide bonds. The van der Waals surface area contributed by atoms with E-state index in [1.165, 1.54) is 0 Å². The molecule has 0 saturated carbocycles. The zero-order valence-electron chi connectivity index (χ0n) is 9.04. The number of rotatable bonds is 5. The molecule has 0 fully saturated rings. The Bertz CT molecular complexity index is 408. The van der Waals surface area contributed by atoms with E-state index >= 15 is 0 Å². The molecule has 2 aromatic rings. The third kappa shape index (κ3) is 3.02. The molecule has 0 spiro atoms. The maximum absolute atomic E-state index is 5.58. The van der Waals surface area contributed by atoms with Crippen LogP contribution in [0.2, 0.25) is 0 Å². The summed E-state index contributed by atoms with van der Waals surface area (Å²) in [5, 5.41) is 0. The van der Waals surface area contributed by atoms with Crippen LogP contribution in [-0.4, -0.2) is 16.2 Å². The molecule has 2 rings (SSSR count). The highest BCUT2D eigenvalue weighted by atomic mass is 16.5. The van der Waals surface area contributed by atoms with Crippen molar-refractivity contribution in [1.29, 1.82) is 0 Å². The maximum Gasteiger partial charge on any atom is 0.119 e. The van der Waals surface area contributed by atoms with Gasteiger partial charge in [-0.25, -0.2) is 4.98 Å². The first kappa shape index (κ1) is 10.5. The molecule has 0 radical (unpaired) electrons. The molecular weight excluding hydrogens is 202 g/mol. The van der Waals surface area contributed by atoms with Crippen LogP contribution in [0.3, 0.4) is 0 Å². The SMILES string of the molecule is Nc1ccc(OCCCn2ccnc2)cc1. The molecule has 1 aromatic carbocycles. The summed E-state index contributed by atoms with van der Waals surface area (Å²) in [5.41, 5.74) is 6.34. The van der Waals surface area contributed by atoms with E-state index in [1.54, 1.807) is 6.20 Å². The Labute approximate surface area is 94.7 Å². The number of aryl methyl sites for hydroxylation is 1. The number of benzene rings is 1. The van der Waals surface area contributed by atoms with Gasteiger partial charge >= 0.3 is 0 Å². The third-order valence-corrected chi connectivity index (χ3v) is 2.27. The number of hydrogen-bond donors (Lipinski definition) is 1. The molecule has 0 atom stereocenters. The molecular formula is C12H15N3O. The molecule has 1 heterocycles. The van der Waals surface area contributed by atoms with Gasteiger partial charge in [-0.1, -0.05) is 0 Å². The number of nitrogens with zero attached hydrogens (tertiary/aromatic N) is 2. The van der Waals surface area contributed by atoms with E-state index in [1.807, 2.05) is 41.4 Å². The minimum atomic E-state index is 0.697. The van der Waals surface area contributed by atoms with Crippen LogP contribution in [0, 0.1) is 0 Å². The van der Waals surface area contributed by atoms with Crippen molar-refractivity contribution in [2.75, 3.05) is 12.3 Å². The Hall–Kier alpha value is -1.97. The van der Waals surface area contributed by atoms with Crippen LogP contribution in [0.25, 0.3) is 0 Å². The van der Waals surface area contributed by atoms with Gasteiger partial charge in [0.25, 0.3) is 0 Å². The largest absolute Gasteiger partial charge is 0.494 e. The maximum atomic E-state index is 5.58. The van der Waals surface area contributed by atoms with Crippen molar-refractivity contribution in [2.24, 2.45) is 0 Å². The molecule has 16 heavy (non-hydrogen) atoms. The van der Waals surface area contributed by atoms with E-state index in [0.717, 1.165) is 24.4 Å². The van der Waals surface area contributed by atoms with Gasteiger partial charge in [0.05, 0.1) is 12.9 Å². The second kappa shape index (κ2) is 5.21. The first-order valence-corrected chi connectivity index (χ1v) is 5.29. The Morgan fingerprint density at radius 2 is 2.06 bits per heavy atom. The number of nitrogen functional groups attached to an aromatic ring is 1. The lowest BCUT2D eigenvalue weighted by Crippen LogP contribution is -2.03. The number of hydrogen-bond acceptors (Lipinski definition) is 3. The smallest absolute Gasteiger partial charge is 0.119 e. The topological polar surface area (TPSA) is 53.1 Å². The normalized spacial score (nSPS) is 10.2. The summed E-state index contributed by atoms with van der Waals surface area (Å²) < 4.78 is 7.60. The highest BCUT2D eigenvalue weighted by Crippen LogP contribution is 2.13. The number of anilines is 1. The van der Waals surface area contributed by atoms with Gasteiger partial charge in [-0.05, 0) is 30.7 Å². The van der Waals surface area contributed by atoms with E-state index in [4.69, 9.17) is 10.5 Å². The quantitative estimate of drug-likeness (QED) is 0.615. The molecule has 4 nitrogen and oxygen atoms in total. The van der Waals surface area contributed by atoms with Crippen molar-refractivity contribution in [1.82, 2.24) is 9.55 Å². The second-order valence-corrected chi connectivity index (χ2v) is 3.57. The van der Waals surface area contributed by atoms with Crippen LogP contribution in [0.5, 0.6) is 5.75 Å². The lowest BCUT2D eigenvalue weighted by molar-refractivity contribution is 0.302. The second-order valence-electron chi connectivity index (χ2n) is 3.57. The molecule has 1 aromatic heterocycles. The van der Waals surface area contributed by atoms with Crippen LogP contribution in [0.4, 0.5) is 5.69 Å². The van der Waals surface area contributed by atoms with Gasteiger partial charge in [-0.15, -0.1) is 0 Å². The summed E-state index contributed by atoms with van der Waals surface area (Å²) in [6, 6.07) is 7.44. The molecule has 0 aliphatic carbocycles. The Kier molecular flexibility index (Phi) is 3.43. The monoisotopic (exact) mass is 217 g/mol. The number of ether oxygens (including phenoxy) is 1. The van der Waals surface area contributed by atoms with Gasteiger partial charge in [0.2, 0.25) is 0 Å². The van der Waals surface area contributed by atoms with Gasteiger partial charge in [0.15, 0.2) is 0 Å². The lowest BCUT2D eigenvalue weighted by Gasteiger charge is -2.06. The first-order valence-electron chi connectivity index (χ1n) is 5.29. The van der Waals surface area contributed by atoms with Crippen molar-refractivity contribution in [3.8, 4) is 5.75 Å². The van der Waals surface area contributed by atoms with Crippen molar-refractivity contribution in [3.05, 3.63) is 43.0 Å². The molecule has 0 bridgehead atoms. The zero-order valence-corrected chi connectivity index (χ0v) is 9.04. The average molecular weight is 217 g/mol. The fraction of sp³-hybridized carbons (Fsp3) is 0.250. The molecule has 0 saturated heterocycles. The van der Waals surface area contributed by atoms with Crippen molar-refractivity contribution < 1.29 is 4.74 Å². The number of imidazole rings is 1. The van der Waals surface area contributed by atoms with Crippen molar-refractivity contribution >= 4 is 5.69 Å². The predicted octanol–water partition coefficient (Wildman–Crippen LogP) is 1.93. The summed E-state index contributed by atoms with van der Waals surface area (Å²) in [5.74, 6) is 0.861. The summed E-state index contributed by atoms with van der Waals surface area (Å²) in [7, 11) is 0. The highest BCUT2D eigenvalue weighted by molar-refractivity contribution is 5.41. The predicted molar refractivity (Wildman–Crippen MR) is 63.2 cm³/mol. The average Bonchev–Trinajstić information content (AvgIpc) is 2.80. The van der Waals surface area contributed by atoms with Gasteiger partial charge in [0.1, 0.15) is 5.75 Å². The summed E-state index contributed by atoms with van der Waals surface area (Å²) in [6.07, 6.45) is 6.49. The van der Waals surface area contributed by atoms with Crippen LogP contribution < -0.4 is 10.5 Å². The van der Waals surface area contributed by atoms with Crippen LogP contribution in [0.1, 0.15) is 6.42 Å².